The summed E-state index contributed by atoms with van der Waals surface area (Å²) in [6, 6.07) is 1.68. The first-order chi connectivity index (χ1) is 7.43. The molecule has 2 nitrogen and oxygen atoms in total. The fourth-order valence-electron chi connectivity index (χ4n) is 1.95. The van der Waals surface area contributed by atoms with Gasteiger partial charge in [-0.3, -0.25) is 4.21 Å². The van der Waals surface area contributed by atoms with Gasteiger partial charge in [-0.2, -0.15) is 0 Å². The summed E-state index contributed by atoms with van der Waals surface area (Å²) in [7, 11) is -1.32. The molecule has 0 saturated heterocycles. The minimum absolute atomic E-state index is 0.0156. The van der Waals surface area contributed by atoms with Gasteiger partial charge in [-0.05, 0) is 23.6 Å². The van der Waals surface area contributed by atoms with Gasteiger partial charge < -0.3 is 5.73 Å². The molecule has 0 aromatic heterocycles. The van der Waals surface area contributed by atoms with Gasteiger partial charge in [0.25, 0.3) is 0 Å². The molecule has 1 heterocycles. The summed E-state index contributed by atoms with van der Waals surface area (Å²) in [5.74, 6) is -1.92. The van der Waals surface area contributed by atoms with E-state index in [9.17, 15) is 13.0 Å². The number of halogens is 2. The second kappa shape index (κ2) is 3.89. The van der Waals surface area contributed by atoms with E-state index >= 15 is 0 Å². The third-order valence-corrected chi connectivity index (χ3v) is 5.16. The summed E-state index contributed by atoms with van der Waals surface area (Å²) in [5, 5.41) is -0.146. The average Bonchev–Trinajstić information content (AvgIpc) is 2.26. The molecular formula is C11H13F2NOS. The average molecular weight is 245 g/mol. The van der Waals surface area contributed by atoms with Gasteiger partial charge in [-0.1, -0.05) is 13.8 Å². The van der Waals surface area contributed by atoms with Gasteiger partial charge in [0.2, 0.25) is 0 Å². The molecule has 2 rings (SSSR count). The van der Waals surface area contributed by atoms with Gasteiger partial charge in [-0.25, -0.2) is 8.78 Å². The van der Waals surface area contributed by atoms with E-state index in [1.165, 1.54) is 0 Å². The maximum absolute atomic E-state index is 13.1. The van der Waals surface area contributed by atoms with Crippen molar-refractivity contribution in [2.75, 3.05) is 0 Å². The lowest BCUT2D eigenvalue weighted by molar-refractivity contribution is 0.432. The first-order valence-corrected chi connectivity index (χ1v) is 6.30. The van der Waals surface area contributed by atoms with Gasteiger partial charge in [0.15, 0.2) is 11.6 Å². The Bertz CT molecular complexity index is 464. The Morgan fingerprint density at radius 1 is 1.25 bits per heavy atom. The van der Waals surface area contributed by atoms with E-state index in [0.29, 0.717) is 10.5 Å². The summed E-state index contributed by atoms with van der Waals surface area (Å²) in [5.41, 5.74) is 6.40. The first kappa shape index (κ1) is 11.7. The van der Waals surface area contributed by atoms with E-state index in [1.54, 1.807) is 0 Å². The Labute approximate surface area is 95.3 Å². The van der Waals surface area contributed by atoms with Crippen LogP contribution in [-0.2, 0) is 10.8 Å². The number of fused-ring (bicyclic) bond motifs is 1. The number of benzene rings is 1. The second-order valence-electron chi connectivity index (χ2n) is 4.19. The zero-order valence-electron chi connectivity index (χ0n) is 9.04. The zero-order chi connectivity index (χ0) is 12.0. The summed E-state index contributed by atoms with van der Waals surface area (Å²) in [4.78, 5) is 0.331. The third kappa shape index (κ3) is 1.58. The highest BCUT2D eigenvalue weighted by molar-refractivity contribution is 7.85. The van der Waals surface area contributed by atoms with Crippen LogP contribution in [0.5, 0.6) is 0 Å². The monoisotopic (exact) mass is 245 g/mol. The van der Waals surface area contributed by atoms with E-state index in [0.717, 1.165) is 12.1 Å². The van der Waals surface area contributed by atoms with Gasteiger partial charge in [-0.15, -0.1) is 0 Å². The second-order valence-corrected chi connectivity index (χ2v) is 5.97. The molecule has 1 aliphatic rings. The Hall–Kier alpha value is -0.810. The van der Waals surface area contributed by atoms with Crippen molar-refractivity contribution in [1.82, 2.24) is 0 Å². The molecule has 0 aliphatic carbocycles. The molecule has 1 aromatic rings. The van der Waals surface area contributed by atoms with E-state index in [2.05, 4.69) is 0 Å². The molecule has 0 bridgehead atoms. The standard InChI is InChI=1S/C11H13F2NOS/c1-5-6(2)16(15)10-4-9(13)8(12)3-7(10)11(5)14/h3-6,11H,14H2,1-2H3. The molecule has 1 aliphatic heterocycles. The number of rotatable bonds is 0. The van der Waals surface area contributed by atoms with Crippen LogP contribution in [0.2, 0.25) is 0 Å². The van der Waals surface area contributed by atoms with Gasteiger partial charge >= 0.3 is 0 Å². The van der Waals surface area contributed by atoms with Gasteiger partial charge in [0.05, 0.1) is 10.8 Å². The minimum Gasteiger partial charge on any atom is -0.324 e. The molecule has 88 valence electrons. The summed E-state index contributed by atoms with van der Waals surface area (Å²) in [6.45, 7) is 3.68. The smallest absolute Gasteiger partial charge is 0.160 e. The van der Waals surface area contributed by atoms with Crippen LogP contribution in [0.1, 0.15) is 25.5 Å². The maximum atomic E-state index is 13.1. The van der Waals surface area contributed by atoms with E-state index in [1.807, 2.05) is 13.8 Å². The highest BCUT2D eigenvalue weighted by Crippen LogP contribution is 2.37. The van der Waals surface area contributed by atoms with Crippen LogP contribution in [0, 0.1) is 17.6 Å². The molecule has 0 fully saturated rings. The summed E-state index contributed by atoms with van der Waals surface area (Å²) < 4.78 is 38.2. The van der Waals surface area contributed by atoms with Crippen LogP contribution in [0.3, 0.4) is 0 Å². The van der Waals surface area contributed by atoms with Crippen molar-refractivity contribution in [2.45, 2.75) is 30.0 Å². The third-order valence-electron chi connectivity index (χ3n) is 3.27. The molecule has 0 radical (unpaired) electrons. The Balaban J connectivity index is 2.64. The number of nitrogens with two attached hydrogens (primary N) is 1. The number of hydrogen-bond donors (Lipinski definition) is 1. The largest absolute Gasteiger partial charge is 0.324 e. The molecule has 16 heavy (non-hydrogen) atoms. The Kier molecular flexibility index (Phi) is 2.84. The number of hydrogen-bond acceptors (Lipinski definition) is 2. The van der Waals surface area contributed by atoms with Crippen LogP contribution in [-0.4, -0.2) is 9.46 Å². The van der Waals surface area contributed by atoms with Crippen LogP contribution >= 0.6 is 0 Å². The predicted molar refractivity (Wildman–Crippen MR) is 58.3 cm³/mol. The lowest BCUT2D eigenvalue weighted by Gasteiger charge is -2.32. The highest BCUT2D eigenvalue weighted by atomic mass is 32.2. The SMILES string of the molecule is CC1C(N)c2cc(F)c(F)cc2S(=O)C1C. The Morgan fingerprint density at radius 2 is 1.81 bits per heavy atom. The lowest BCUT2D eigenvalue weighted by atomic mass is 9.92. The first-order valence-electron chi connectivity index (χ1n) is 5.08. The van der Waals surface area contributed by atoms with Crippen molar-refractivity contribution < 1.29 is 13.0 Å². The van der Waals surface area contributed by atoms with Crippen molar-refractivity contribution in [1.29, 1.82) is 0 Å². The predicted octanol–water partition coefficient (Wildman–Crippen LogP) is 2.11. The molecule has 4 atom stereocenters. The van der Waals surface area contributed by atoms with Gasteiger partial charge in [0.1, 0.15) is 0 Å². The van der Waals surface area contributed by atoms with Gasteiger partial charge in [0, 0.05) is 16.2 Å². The lowest BCUT2D eigenvalue weighted by Crippen LogP contribution is -2.36. The highest BCUT2D eigenvalue weighted by Gasteiger charge is 2.35. The fourth-order valence-corrected chi connectivity index (χ4v) is 3.56. The fraction of sp³-hybridized carbons (Fsp3) is 0.455. The van der Waals surface area contributed by atoms with E-state index < -0.39 is 28.5 Å². The molecule has 0 amide bonds. The Morgan fingerprint density at radius 3 is 2.44 bits per heavy atom. The molecule has 1 aromatic carbocycles. The maximum Gasteiger partial charge on any atom is 0.160 e. The zero-order valence-corrected chi connectivity index (χ0v) is 9.85. The molecular weight excluding hydrogens is 232 g/mol. The van der Waals surface area contributed by atoms with Crippen molar-refractivity contribution in [3.63, 3.8) is 0 Å². The van der Waals surface area contributed by atoms with Crippen LogP contribution in [0.15, 0.2) is 17.0 Å². The van der Waals surface area contributed by atoms with Crippen molar-refractivity contribution in [3.05, 3.63) is 29.3 Å². The van der Waals surface area contributed by atoms with E-state index in [4.69, 9.17) is 5.73 Å². The van der Waals surface area contributed by atoms with Crippen molar-refractivity contribution >= 4 is 10.8 Å². The van der Waals surface area contributed by atoms with E-state index in [-0.39, 0.29) is 11.2 Å². The summed E-state index contributed by atoms with van der Waals surface area (Å²) in [6.07, 6.45) is 0. The van der Waals surface area contributed by atoms with Crippen LogP contribution < -0.4 is 5.73 Å². The normalized spacial score (nSPS) is 33.6. The van der Waals surface area contributed by atoms with Crippen molar-refractivity contribution in [3.8, 4) is 0 Å². The van der Waals surface area contributed by atoms with Crippen LogP contribution in [0.25, 0.3) is 0 Å². The topological polar surface area (TPSA) is 43.1 Å². The summed E-state index contributed by atoms with van der Waals surface area (Å²) >= 11 is 0. The van der Waals surface area contributed by atoms with Crippen molar-refractivity contribution in [2.24, 2.45) is 11.7 Å². The molecule has 2 N–H and O–H groups in total. The molecule has 4 unspecified atom stereocenters. The van der Waals surface area contributed by atoms with Crippen LogP contribution in [0.4, 0.5) is 8.78 Å². The molecule has 5 heteroatoms. The quantitative estimate of drug-likeness (QED) is 0.760. The molecule has 0 saturated carbocycles. The molecule has 0 spiro atoms. The minimum atomic E-state index is -1.32.